The van der Waals surface area contributed by atoms with Crippen LogP contribution in [0, 0.1) is 13.8 Å². The lowest BCUT2D eigenvalue weighted by Gasteiger charge is -2.15. The summed E-state index contributed by atoms with van der Waals surface area (Å²) in [6, 6.07) is 11.8. The van der Waals surface area contributed by atoms with E-state index < -0.39 is 0 Å². The van der Waals surface area contributed by atoms with Gasteiger partial charge >= 0.3 is 0 Å². The Kier molecular flexibility index (Phi) is 10.3. The summed E-state index contributed by atoms with van der Waals surface area (Å²) >= 11 is 0. The fourth-order valence-electron chi connectivity index (χ4n) is 2.78. The highest BCUT2D eigenvalue weighted by molar-refractivity contribution is 5.57. The van der Waals surface area contributed by atoms with Crippen molar-refractivity contribution in [3.63, 3.8) is 0 Å². The van der Waals surface area contributed by atoms with Gasteiger partial charge in [0.15, 0.2) is 0 Å². The molecule has 0 aliphatic heterocycles. The monoisotopic (exact) mass is 413 g/mol. The largest absolute Gasteiger partial charge is 0.490 e. The molecule has 0 amide bonds. The maximum atomic E-state index is 5.94. The fourth-order valence-corrected chi connectivity index (χ4v) is 2.78. The summed E-state index contributed by atoms with van der Waals surface area (Å²) in [4.78, 5) is 4.58. The van der Waals surface area contributed by atoms with Crippen molar-refractivity contribution < 1.29 is 23.8 Å². The minimum absolute atomic E-state index is 0.408. The molecule has 0 bridgehead atoms. The first kappa shape index (κ1) is 23.3. The minimum Gasteiger partial charge on any atom is -0.490 e. The van der Waals surface area contributed by atoms with Gasteiger partial charge in [0.1, 0.15) is 44.2 Å². The van der Waals surface area contributed by atoms with E-state index in [2.05, 4.69) is 9.99 Å². The smallest absolute Gasteiger partial charge is 0.125 e. The highest BCUT2D eigenvalue weighted by Crippen LogP contribution is 2.28. The van der Waals surface area contributed by atoms with Crippen LogP contribution in [0.25, 0.3) is 0 Å². The molecule has 0 saturated carbocycles. The van der Waals surface area contributed by atoms with Crippen LogP contribution in [-0.2, 0) is 16.2 Å². The lowest BCUT2D eigenvalue weighted by molar-refractivity contribution is 0.154. The molecule has 6 nitrogen and oxygen atoms in total. The van der Waals surface area contributed by atoms with E-state index in [0.29, 0.717) is 33.0 Å². The minimum atomic E-state index is 0.408. The molecule has 0 aliphatic carbocycles. The number of oxime groups is 1. The van der Waals surface area contributed by atoms with Crippen LogP contribution in [-0.4, -0.2) is 39.8 Å². The fraction of sp³-hybridized carbons (Fsp3) is 0.375. The summed E-state index contributed by atoms with van der Waals surface area (Å²) in [5.74, 6) is 2.52. The van der Waals surface area contributed by atoms with Crippen molar-refractivity contribution in [1.29, 1.82) is 0 Å². The molecule has 2 aromatic rings. The highest BCUT2D eigenvalue weighted by Gasteiger charge is 2.07. The quantitative estimate of drug-likeness (QED) is 0.203. The Morgan fingerprint density at radius 3 is 2.23 bits per heavy atom. The van der Waals surface area contributed by atoms with Gasteiger partial charge < -0.3 is 23.8 Å². The number of hydrogen-bond donors (Lipinski definition) is 0. The van der Waals surface area contributed by atoms with Crippen molar-refractivity contribution in [3.05, 3.63) is 65.2 Å². The van der Waals surface area contributed by atoms with Crippen LogP contribution in [0.2, 0.25) is 0 Å². The van der Waals surface area contributed by atoms with E-state index in [-0.39, 0.29) is 0 Å². The molecule has 0 saturated heterocycles. The summed E-state index contributed by atoms with van der Waals surface area (Å²) in [5, 5.41) is 3.62. The van der Waals surface area contributed by atoms with Crippen LogP contribution in [0.3, 0.4) is 0 Å². The van der Waals surface area contributed by atoms with Crippen molar-refractivity contribution in [2.75, 3.05) is 33.5 Å². The molecule has 0 heterocycles. The van der Waals surface area contributed by atoms with Crippen LogP contribution in [0.5, 0.6) is 17.2 Å². The van der Waals surface area contributed by atoms with Gasteiger partial charge in [0.2, 0.25) is 0 Å². The Balaban J connectivity index is 1.74. The van der Waals surface area contributed by atoms with E-state index in [4.69, 9.17) is 18.9 Å². The number of benzene rings is 2. The van der Waals surface area contributed by atoms with E-state index in [1.54, 1.807) is 6.21 Å². The Bertz CT molecular complexity index is 792. The first-order valence-electron chi connectivity index (χ1n) is 9.96. The molecule has 0 fully saturated rings. The average Bonchev–Trinajstić information content (AvgIpc) is 2.74. The molecule has 0 atom stereocenters. The van der Waals surface area contributed by atoms with E-state index in [9.17, 15) is 0 Å². The van der Waals surface area contributed by atoms with Gasteiger partial charge in [-0.2, -0.15) is 0 Å². The average molecular weight is 414 g/mol. The van der Waals surface area contributed by atoms with Gasteiger partial charge in [-0.1, -0.05) is 29.4 Å². The normalized spacial score (nSPS) is 11.2. The number of hydrogen-bond acceptors (Lipinski definition) is 6. The summed E-state index contributed by atoms with van der Waals surface area (Å²) in [5.41, 5.74) is 3.16. The van der Waals surface area contributed by atoms with Gasteiger partial charge in [-0.3, -0.25) is 0 Å². The second-order valence-electron chi connectivity index (χ2n) is 6.59. The Morgan fingerprint density at radius 2 is 1.57 bits per heavy atom. The zero-order valence-electron chi connectivity index (χ0n) is 18.2. The maximum Gasteiger partial charge on any atom is 0.125 e. The van der Waals surface area contributed by atoms with E-state index in [1.165, 1.54) is 7.11 Å². The third kappa shape index (κ3) is 8.17. The molecular weight excluding hydrogens is 382 g/mol. The van der Waals surface area contributed by atoms with Crippen LogP contribution < -0.4 is 14.2 Å². The van der Waals surface area contributed by atoms with E-state index in [0.717, 1.165) is 33.9 Å². The summed E-state index contributed by atoms with van der Waals surface area (Å²) in [6.45, 7) is 8.42. The summed E-state index contributed by atoms with van der Waals surface area (Å²) in [6.07, 6.45) is 5.52. The summed E-state index contributed by atoms with van der Waals surface area (Å²) < 4.78 is 22.9. The van der Waals surface area contributed by atoms with Gasteiger partial charge in [0.25, 0.3) is 0 Å². The van der Waals surface area contributed by atoms with Crippen molar-refractivity contribution in [2.45, 2.75) is 27.4 Å². The third-order valence-electron chi connectivity index (χ3n) is 4.18. The van der Waals surface area contributed by atoms with Crippen molar-refractivity contribution >= 4 is 6.21 Å². The number of rotatable bonds is 13. The topological polar surface area (TPSA) is 58.5 Å². The zero-order chi connectivity index (χ0) is 21.6. The van der Waals surface area contributed by atoms with E-state index >= 15 is 0 Å². The van der Waals surface area contributed by atoms with Crippen molar-refractivity contribution in [3.8, 4) is 17.2 Å². The van der Waals surface area contributed by atoms with Crippen LogP contribution in [0.1, 0.15) is 23.6 Å². The molecule has 0 aliphatic rings. The third-order valence-corrected chi connectivity index (χ3v) is 4.18. The van der Waals surface area contributed by atoms with Gasteiger partial charge in [0, 0.05) is 0 Å². The Morgan fingerprint density at radius 1 is 0.867 bits per heavy atom. The van der Waals surface area contributed by atoms with Crippen LogP contribution >= 0.6 is 0 Å². The highest BCUT2D eigenvalue weighted by atomic mass is 16.6. The SMILES string of the molecule is C/C=C/COc1cc(C)c(OCCOc2ccc(COC/C=N/OC)cc2)c(C)c1. The molecular formula is C24H31NO5. The molecule has 2 aromatic carbocycles. The van der Waals surface area contributed by atoms with Gasteiger partial charge in [0.05, 0.1) is 19.4 Å². The molecule has 6 heteroatoms. The van der Waals surface area contributed by atoms with Crippen molar-refractivity contribution in [1.82, 2.24) is 0 Å². The Labute approximate surface area is 179 Å². The molecule has 0 N–H and O–H groups in total. The van der Waals surface area contributed by atoms with Crippen LogP contribution in [0.4, 0.5) is 0 Å². The predicted octanol–water partition coefficient (Wildman–Crippen LogP) is 4.86. The molecule has 30 heavy (non-hydrogen) atoms. The number of allylic oxidation sites excluding steroid dienone is 1. The standard InChI is InChI=1S/C24H31NO5/c1-5-6-12-28-23-16-19(2)24(20(3)17-23)30-15-14-29-22-9-7-21(8-10-22)18-27-13-11-25-26-4/h5-11,16-17H,12-15,18H2,1-4H3/b6-5+,25-11+. The first-order valence-corrected chi connectivity index (χ1v) is 9.96. The maximum absolute atomic E-state index is 5.94. The first-order chi connectivity index (χ1) is 14.6. The molecule has 0 spiro atoms. The lowest BCUT2D eigenvalue weighted by Crippen LogP contribution is -2.10. The zero-order valence-corrected chi connectivity index (χ0v) is 18.2. The second kappa shape index (κ2) is 13.3. The second-order valence-corrected chi connectivity index (χ2v) is 6.59. The number of aryl methyl sites for hydroxylation is 2. The summed E-state index contributed by atoms with van der Waals surface area (Å²) in [7, 11) is 1.50. The van der Waals surface area contributed by atoms with Crippen molar-refractivity contribution in [2.24, 2.45) is 5.16 Å². The molecule has 2 rings (SSSR count). The van der Waals surface area contributed by atoms with Gasteiger partial charge in [-0.25, -0.2) is 0 Å². The number of ether oxygens (including phenoxy) is 4. The number of nitrogens with zero attached hydrogens (tertiary/aromatic N) is 1. The Hall–Kier alpha value is -2.99. The lowest BCUT2D eigenvalue weighted by atomic mass is 10.1. The van der Waals surface area contributed by atoms with Gasteiger partial charge in [-0.05, 0) is 61.7 Å². The predicted molar refractivity (Wildman–Crippen MR) is 119 cm³/mol. The molecule has 162 valence electrons. The molecule has 0 radical (unpaired) electrons. The molecule has 0 aromatic heterocycles. The molecule has 0 unspecified atom stereocenters. The van der Waals surface area contributed by atoms with Gasteiger partial charge in [-0.15, -0.1) is 0 Å². The van der Waals surface area contributed by atoms with Crippen LogP contribution in [0.15, 0.2) is 53.7 Å². The van der Waals surface area contributed by atoms with E-state index in [1.807, 2.05) is 69.3 Å².